The van der Waals surface area contributed by atoms with Gasteiger partial charge in [0.1, 0.15) is 0 Å². The van der Waals surface area contributed by atoms with Gasteiger partial charge in [-0.2, -0.15) is 0 Å². The van der Waals surface area contributed by atoms with Crippen LogP contribution in [0.4, 0.5) is 5.13 Å². The van der Waals surface area contributed by atoms with Gasteiger partial charge in [-0.05, 0) is 44.9 Å². The first kappa shape index (κ1) is 18.5. The van der Waals surface area contributed by atoms with E-state index >= 15 is 0 Å². The molecule has 1 aromatic heterocycles. The molecule has 0 unspecified atom stereocenters. The first-order valence-corrected chi connectivity index (χ1v) is 9.94. The Morgan fingerprint density at radius 1 is 1.23 bits per heavy atom. The summed E-state index contributed by atoms with van der Waals surface area (Å²) in [5, 5.41) is 6.19. The molecule has 0 saturated carbocycles. The van der Waals surface area contributed by atoms with Crippen molar-refractivity contribution in [2.45, 2.75) is 32.7 Å². The molecule has 0 spiro atoms. The minimum absolute atomic E-state index is 0.0679. The van der Waals surface area contributed by atoms with Gasteiger partial charge in [0.2, 0.25) is 0 Å². The Kier molecular flexibility index (Phi) is 6.33. The van der Waals surface area contributed by atoms with Crippen LogP contribution in [0.3, 0.4) is 0 Å². The molecule has 1 aliphatic heterocycles. The van der Waals surface area contributed by atoms with Gasteiger partial charge in [-0.25, -0.2) is 4.98 Å². The van der Waals surface area contributed by atoms with Crippen molar-refractivity contribution in [3.63, 3.8) is 0 Å². The lowest BCUT2D eigenvalue weighted by atomic mass is 10.0. The highest BCUT2D eigenvalue weighted by molar-refractivity contribution is 7.13. The van der Waals surface area contributed by atoms with Gasteiger partial charge >= 0.3 is 0 Å². The third kappa shape index (κ3) is 4.46. The maximum absolute atomic E-state index is 12.6. The molecule has 0 bridgehead atoms. The predicted octanol–water partition coefficient (Wildman–Crippen LogP) is 3.34. The van der Waals surface area contributed by atoms with Gasteiger partial charge in [0.15, 0.2) is 16.6 Å². The molecule has 1 N–H and O–H groups in total. The van der Waals surface area contributed by atoms with Crippen molar-refractivity contribution in [2.75, 3.05) is 31.2 Å². The van der Waals surface area contributed by atoms with E-state index in [4.69, 9.17) is 9.47 Å². The fourth-order valence-electron chi connectivity index (χ4n) is 3.05. The van der Waals surface area contributed by atoms with Crippen LogP contribution in [0.1, 0.15) is 37.0 Å². The minimum Gasteiger partial charge on any atom is -0.490 e. The molecule has 3 rings (SSSR count). The number of hydrogen-bond acceptors (Lipinski definition) is 6. The van der Waals surface area contributed by atoms with Crippen LogP contribution in [0.15, 0.2) is 29.8 Å². The lowest BCUT2D eigenvalue weighted by molar-refractivity contribution is 0.0930. The van der Waals surface area contributed by atoms with Crippen LogP contribution in [0.25, 0.3) is 0 Å². The Labute approximate surface area is 158 Å². The van der Waals surface area contributed by atoms with E-state index in [0.29, 0.717) is 30.3 Å². The summed E-state index contributed by atoms with van der Waals surface area (Å²) in [4.78, 5) is 19.2. The van der Waals surface area contributed by atoms with Crippen molar-refractivity contribution in [1.82, 2.24) is 10.3 Å². The molecule has 1 fully saturated rings. The van der Waals surface area contributed by atoms with Crippen LogP contribution < -0.4 is 19.7 Å². The second-order valence-corrected chi connectivity index (χ2v) is 6.95. The maximum atomic E-state index is 12.6. The van der Waals surface area contributed by atoms with E-state index in [0.717, 1.165) is 31.1 Å². The first-order valence-electron chi connectivity index (χ1n) is 9.06. The van der Waals surface area contributed by atoms with Gasteiger partial charge in [-0.3, -0.25) is 4.79 Å². The Morgan fingerprint density at radius 3 is 2.62 bits per heavy atom. The van der Waals surface area contributed by atoms with Crippen molar-refractivity contribution in [2.24, 2.45) is 0 Å². The summed E-state index contributed by atoms with van der Waals surface area (Å²) in [5.74, 6) is 1.21. The van der Waals surface area contributed by atoms with Gasteiger partial charge in [0.25, 0.3) is 5.91 Å². The Bertz CT molecular complexity index is 713. The summed E-state index contributed by atoms with van der Waals surface area (Å²) < 4.78 is 11.2. The number of hydrogen-bond donors (Lipinski definition) is 1. The molecular weight excluding hydrogens is 350 g/mol. The number of benzene rings is 1. The molecule has 26 heavy (non-hydrogen) atoms. The molecule has 1 amide bonds. The number of amides is 1. The fourth-order valence-corrected chi connectivity index (χ4v) is 3.75. The van der Waals surface area contributed by atoms with Crippen molar-refractivity contribution in [1.29, 1.82) is 0 Å². The number of piperidine rings is 1. The van der Waals surface area contributed by atoms with Crippen LogP contribution in [-0.2, 0) is 0 Å². The number of nitrogens with zero attached hydrogens (tertiary/aromatic N) is 2. The Hall–Kier alpha value is -2.28. The molecule has 6 nitrogen and oxygen atoms in total. The number of anilines is 1. The second-order valence-electron chi connectivity index (χ2n) is 6.08. The fraction of sp³-hybridized carbons (Fsp3) is 0.474. The summed E-state index contributed by atoms with van der Waals surface area (Å²) in [7, 11) is 0. The van der Waals surface area contributed by atoms with Crippen LogP contribution in [0.5, 0.6) is 11.5 Å². The van der Waals surface area contributed by atoms with Gasteiger partial charge in [0.05, 0.1) is 13.2 Å². The molecule has 1 aliphatic rings. The van der Waals surface area contributed by atoms with E-state index in [1.807, 2.05) is 25.4 Å². The zero-order chi connectivity index (χ0) is 18.4. The van der Waals surface area contributed by atoms with E-state index in [2.05, 4.69) is 15.2 Å². The zero-order valence-electron chi connectivity index (χ0n) is 15.2. The van der Waals surface area contributed by atoms with Gasteiger partial charge < -0.3 is 19.7 Å². The summed E-state index contributed by atoms with van der Waals surface area (Å²) >= 11 is 1.65. The number of carbonyl (C=O) groups is 1. The molecule has 1 aromatic carbocycles. The topological polar surface area (TPSA) is 63.7 Å². The monoisotopic (exact) mass is 375 g/mol. The molecular formula is C19H25N3O3S. The van der Waals surface area contributed by atoms with Gasteiger partial charge in [-0.1, -0.05) is 0 Å². The van der Waals surface area contributed by atoms with Crippen LogP contribution >= 0.6 is 11.3 Å². The van der Waals surface area contributed by atoms with E-state index in [1.54, 1.807) is 29.5 Å². The number of carbonyl (C=O) groups excluding carboxylic acids is 1. The SMILES string of the molecule is CCOc1ccc(C(=O)NC2CCN(c3nccs3)CC2)cc1OCC. The maximum Gasteiger partial charge on any atom is 0.251 e. The molecule has 0 atom stereocenters. The normalized spacial score (nSPS) is 14.9. The minimum atomic E-state index is -0.0679. The molecule has 140 valence electrons. The van der Waals surface area contributed by atoms with Crippen molar-refractivity contribution in [3.8, 4) is 11.5 Å². The number of rotatable bonds is 7. The summed E-state index contributed by atoms with van der Waals surface area (Å²) in [5.41, 5.74) is 0.597. The highest BCUT2D eigenvalue weighted by Gasteiger charge is 2.23. The number of ether oxygens (including phenoxy) is 2. The van der Waals surface area contributed by atoms with Gasteiger partial charge in [-0.15, -0.1) is 11.3 Å². The Morgan fingerprint density at radius 2 is 1.96 bits per heavy atom. The van der Waals surface area contributed by atoms with Crippen LogP contribution in [0.2, 0.25) is 0 Å². The van der Waals surface area contributed by atoms with E-state index in [9.17, 15) is 4.79 Å². The van der Waals surface area contributed by atoms with E-state index < -0.39 is 0 Å². The van der Waals surface area contributed by atoms with Gasteiger partial charge in [0, 0.05) is 36.3 Å². The summed E-state index contributed by atoms with van der Waals surface area (Å²) in [6, 6.07) is 5.53. The lowest BCUT2D eigenvalue weighted by Gasteiger charge is -2.32. The average molecular weight is 375 g/mol. The lowest BCUT2D eigenvalue weighted by Crippen LogP contribution is -2.44. The number of thiazole rings is 1. The quantitative estimate of drug-likeness (QED) is 0.804. The molecule has 2 heterocycles. The number of aromatic nitrogens is 1. The largest absolute Gasteiger partial charge is 0.490 e. The standard InChI is InChI=1S/C19H25N3O3S/c1-3-24-16-6-5-14(13-17(16)25-4-2)18(23)21-15-7-10-22(11-8-15)19-20-9-12-26-19/h5-6,9,12-13,15H,3-4,7-8,10-11H2,1-2H3,(H,21,23). The third-order valence-electron chi connectivity index (χ3n) is 4.33. The van der Waals surface area contributed by atoms with Crippen LogP contribution in [-0.4, -0.2) is 43.2 Å². The molecule has 7 heteroatoms. The highest BCUT2D eigenvalue weighted by atomic mass is 32.1. The molecule has 0 aliphatic carbocycles. The molecule has 2 aromatic rings. The highest BCUT2D eigenvalue weighted by Crippen LogP contribution is 2.29. The smallest absolute Gasteiger partial charge is 0.251 e. The first-order chi connectivity index (χ1) is 12.7. The average Bonchev–Trinajstić information content (AvgIpc) is 3.19. The number of nitrogens with one attached hydrogen (secondary N) is 1. The zero-order valence-corrected chi connectivity index (χ0v) is 16.1. The van der Waals surface area contributed by atoms with Crippen molar-refractivity contribution < 1.29 is 14.3 Å². The Balaban J connectivity index is 1.59. The molecule has 1 saturated heterocycles. The predicted molar refractivity (Wildman–Crippen MR) is 104 cm³/mol. The van der Waals surface area contributed by atoms with Crippen molar-refractivity contribution >= 4 is 22.4 Å². The van der Waals surface area contributed by atoms with Crippen molar-refractivity contribution in [3.05, 3.63) is 35.3 Å². The second kappa shape index (κ2) is 8.89. The molecule has 0 radical (unpaired) electrons. The third-order valence-corrected chi connectivity index (χ3v) is 5.16. The van der Waals surface area contributed by atoms with E-state index in [1.165, 1.54) is 0 Å². The van der Waals surface area contributed by atoms with E-state index in [-0.39, 0.29) is 11.9 Å². The summed E-state index contributed by atoms with van der Waals surface area (Å²) in [6.45, 7) is 6.74. The van der Waals surface area contributed by atoms with Crippen LogP contribution in [0, 0.1) is 0 Å². The summed E-state index contributed by atoms with van der Waals surface area (Å²) in [6.07, 6.45) is 3.66.